The molecular formula is C13H26N2O2S. The first kappa shape index (κ1) is 15.8. The van der Waals surface area contributed by atoms with Crippen LogP contribution in [0.25, 0.3) is 0 Å². The topological polar surface area (TPSA) is 50.4 Å². The van der Waals surface area contributed by atoms with Crippen molar-refractivity contribution in [3.05, 3.63) is 0 Å². The van der Waals surface area contributed by atoms with Crippen molar-refractivity contribution in [1.29, 1.82) is 0 Å². The molecule has 5 heteroatoms. The molecule has 0 unspecified atom stereocenters. The summed E-state index contributed by atoms with van der Waals surface area (Å²) in [4.78, 5) is 11.5. The van der Waals surface area contributed by atoms with Crippen LogP contribution >= 0.6 is 11.8 Å². The monoisotopic (exact) mass is 274 g/mol. The van der Waals surface area contributed by atoms with Crippen molar-refractivity contribution in [2.75, 3.05) is 37.7 Å². The molecule has 0 aromatic carbocycles. The van der Waals surface area contributed by atoms with Gasteiger partial charge in [-0.3, -0.25) is 4.79 Å². The van der Waals surface area contributed by atoms with E-state index in [0.717, 1.165) is 50.4 Å². The summed E-state index contributed by atoms with van der Waals surface area (Å²) in [6, 6.07) is 0. The van der Waals surface area contributed by atoms with E-state index in [4.69, 9.17) is 4.74 Å². The quantitative estimate of drug-likeness (QED) is 0.624. The lowest BCUT2D eigenvalue weighted by Crippen LogP contribution is -2.33. The van der Waals surface area contributed by atoms with Gasteiger partial charge in [0.1, 0.15) is 0 Å². The molecule has 0 aromatic rings. The van der Waals surface area contributed by atoms with Crippen molar-refractivity contribution in [2.45, 2.75) is 38.7 Å². The van der Waals surface area contributed by atoms with Crippen molar-refractivity contribution in [2.24, 2.45) is 0 Å². The van der Waals surface area contributed by atoms with Crippen LogP contribution in [0.2, 0.25) is 0 Å². The Morgan fingerprint density at radius 1 is 1.44 bits per heavy atom. The zero-order valence-electron chi connectivity index (χ0n) is 11.4. The normalized spacial score (nSPS) is 16.7. The summed E-state index contributed by atoms with van der Waals surface area (Å²) in [5.74, 6) is 2.39. The lowest BCUT2D eigenvalue weighted by molar-refractivity contribution is -0.122. The molecule has 18 heavy (non-hydrogen) atoms. The smallest absolute Gasteiger partial charge is 0.222 e. The van der Waals surface area contributed by atoms with E-state index < -0.39 is 0 Å². The van der Waals surface area contributed by atoms with Crippen LogP contribution in [0.1, 0.15) is 32.6 Å². The second-order valence-corrected chi connectivity index (χ2v) is 5.86. The first-order valence-corrected chi connectivity index (χ1v) is 8.15. The van der Waals surface area contributed by atoms with Crippen molar-refractivity contribution < 1.29 is 9.53 Å². The van der Waals surface area contributed by atoms with E-state index in [9.17, 15) is 4.79 Å². The molecule has 0 spiro atoms. The second kappa shape index (κ2) is 10.6. The van der Waals surface area contributed by atoms with Crippen molar-refractivity contribution in [1.82, 2.24) is 10.6 Å². The first-order valence-electron chi connectivity index (χ1n) is 6.99. The Morgan fingerprint density at radius 2 is 2.22 bits per heavy atom. The van der Waals surface area contributed by atoms with Gasteiger partial charge in [0, 0.05) is 13.0 Å². The zero-order valence-corrected chi connectivity index (χ0v) is 12.2. The van der Waals surface area contributed by atoms with E-state index in [1.54, 1.807) is 0 Å². The minimum Gasteiger partial charge on any atom is -0.378 e. The lowest BCUT2D eigenvalue weighted by Gasteiger charge is -2.22. The number of nitrogens with one attached hydrogen (secondary N) is 2. The maximum Gasteiger partial charge on any atom is 0.222 e. The molecule has 1 heterocycles. The Hall–Kier alpha value is -0.260. The summed E-state index contributed by atoms with van der Waals surface area (Å²) in [5.41, 5.74) is 0. The Bertz CT molecular complexity index is 221. The maximum atomic E-state index is 11.5. The largest absolute Gasteiger partial charge is 0.378 e. The minimum absolute atomic E-state index is 0.116. The molecule has 1 aliphatic rings. The Morgan fingerprint density at radius 3 is 2.94 bits per heavy atom. The highest BCUT2D eigenvalue weighted by Gasteiger charge is 2.13. The number of carbonyl (C=O) groups is 1. The number of hydrogen-bond acceptors (Lipinski definition) is 4. The van der Waals surface area contributed by atoms with Gasteiger partial charge in [0.15, 0.2) is 0 Å². The summed E-state index contributed by atoms with van der Waals surface area (Å²) in [6.07, 6.45) is 4.02. The molecule has 0 aromatic heterocycles. The average Bonchev–Trinajstić information content (AvgIpc) is 2.40. The Kier molecular flexibility index (Phi) is 9.34. The van der Waals surface area contributed by atoms with Crippen LogP contribution in [0.5, 0.6) is 0 Å². The minimum atomic E-state index is 0.116. The zero-order chi connectivity index (χ0) is 13.1. The van der Waals surface area contributed by atoms with Crippen molar-refractivity contribution >= 4 is 17.7 Å². The molecule has 1 fully saturated rings. The number of rotatable bonds is 9. The molecule has 2 N–H and O–H groups in total. The van der Waals surface area contributed by atoms with E-state index in [-0.39, 0.29) is 5.91 Å². The third kappa shape index (κ3) is 7.95. The van der Waals surface area contributed by atoms with Crippen LogP contribution in [0, 0.1) is 0 Å². The number of carbonyl (C=O) groups excluding carboxylic acids is 1. The summed E-state index contributed by atoms with van der Waals surface area (Å²) in [7, 11) is 0. The van der Waals surface area contributed by atoms with Gasteiger partial charge in [0.05, 0.1) is 12.7 Å². The molecule has 0 radical (unpaired) electrons. The van der Waals surface area contributed by atoms with Crippen LogP contribution in [0.15, 0.2) is 0 Å². The lowest BCUT2D eigenvalue weighted by atomic mass is 10.1. The van der Waals surface area contributed by atoms with Crippen molar-refractivity contribution in [3.63, 3.8) is 0 Å². The van der Waals surface area contributed by atoms with E-state index in [2.05, 4.69) is 17.6 Å². The van der Waals surface area contributed by atoms with E-state index in [0.29, 0.717) is 19.1 Å². The van der Waals surface area contributed by atoms with Crippen molar-refractivity contribution in [3.8, 4) is 0 Å². The van der Waals surface area contributed by atoms with Crippen LogP contribution < -0.4 is 10.6 Å². The fraction of sp³-hybridized carbons (Fsp3) is 0.923. The van der Waals surface area contributed by atoms with Crippen LogP contribution in [0.4, 0.5) is 0 Å². The highest BCUT2D eigenvalue weighted by Crippen LogP contribution is 2.07. The average molecular weight is 274 g/mol. The number of piperidine rings is 1. The number of amides is 1. The molecule has 106 valence electrons. The van der Waals surface area contributed by atoms with Crippen LogP contribution in [-0.2, 0) is 9.53 Å². The molecule has 0 atom stereocenters. The first-order chi connectivity index (χ1) is 8.83. The van der Waals surface area contributed by atoms with Gasteiger partial charge in [-0.15, -0.1) is 0 Å². The van der Waals surface area contributed by atoms with Gasteiger partial charge in [0.2, 0.25) is 5.91 Å². The predicted molar refractivity (Wildman–Crippen MR) is 77.1 cm³/mol. The second-order valence-electron chi connectivity index (χ2n) is 4.47. The fourth-order valence-corrected chi connectivity index (χ4v) is 2.55. The van der Waals surface area contributed by atoms with Gasteiger partial charge >= 0.3 is 0 Å². The third-order valence-corrected chi connectivity index (χ3v) is 3.95. The summed E-state index contributed by atoms with van der Waals surface area (Å²) >= 11 is 1.91. The van der Waals surface area contributed by atoms with Gasteiger partial charge < -0.3 is 15.4 Å². The molecule has 4 nitrogen and oxygen atoms in total. The summed E-state index contributed by atoms with van der Waals surface area (Å²) in [6.45, 7) is 5.57. The van der Waals surface area contributed by atoms with Gasteiger partial charge in [0.25, 0.3) is 0 Å². The molecule has 0 aliphatic carbocycles. The molecule has 0 bridgehead atoms. The third-order valence-electron chi connectivity index (χ3n) is 2.96. The summed E-state index contributed by atoms with van der Waals surface area (Å²) in [5, 5.41) is 6.23. The number of ether oxygens (including phenoxy) is 1. The maximum absolute atomic E-state index is 11.5. The highest BCUT2D eigenvalue weighted by molar-refractivity contribution is 7.99. The van der Waals surface area contributed by atoms with Gasteiger partial charge in [-0.05, 0) is 43.9 Å². The molecule has 0 saturated carbocycles. The van der Waals surface area contributed by atoms with Gasteiger partial charge in [-0.1, -0.05) is 6.92 Å². The predicted octanol–water partition coefficient (Wildman–Crippen LogP) is 1.40. The van der Waals surface area contributed by atoms with Gasteiger partial charge in [-0.2, -0.15) is 11.8 Å². The molecule has 1 amide bonds. The summed E-state index contributed by atoms with van der Waals surface area (Å²) < 4.78 is 5.69. The van der Waals surface area contributed by atoms with E-state index in [1.165, 1.54) is 0 Å². The Labute approximate surface area is 115 Å². The standard InChI is InChI=1S/C13H26N2O2S/c1-2-18-11-3-7-15-13(16)6-10-17-12-4-8-14-9-5-12/h12,14H,2-11H2,1H3,(H,15,16). The molecule has 1 rings (SSSR count). The van der Waals surface area contributed by atoms with Crippen LogP contribution in [0.3, 0.4) is 0 Å². The van der Waals surface area contributed by atoms with Crippen LogP contribution in [-0.4, -0.2) is 49.8 Å². The SMILES string of the molecule is CCSCCCNC(=O)CCOC1CCNCC1. The fourth-order valence-electron chi connectivity index (χ4n) is 1.92. The molecule has 1 aliphatic heterocycles. The Balaban J connectivity index is 1.89. The molecular weight excluding hydrogens is 248 g/mol. The highest BCUT2D eigenvalue weighted by atomic mass is 32.2. The molecule has 1 saturated heterocycles. The van der Waals surface area contributed by atoms with Gasteiger partial charge in [-0.25, -0.2) is 0 Å². The number of thioether (sulfide) groups is 1. The van der Waals surface area contributed by atoms with E-state index >= 15 is 0 Å². The van der Waals surface area contributed by atoms with E-state index in [1.807, 2.05) is 11.8 Å². The number of hydrogen-bond donors (Lipinski definition) is 2.